The van der Waals surface area contributed by atoms with Crippen LogP contribution in [0.5, 0.6) is 0 Å². The molecule has 110 valence electrons. The maximum Gasteiger partial charge on any atom is 0.332 e. The van der Waals surface area contributed by atoms with Crippen molar-refractivity contribution < 1.29 is 19.7 Å². The van der Waals surface area contributed by atoms with E-state index in [2.05, 4.69) is 10.3 Å². The Morgan fingerprint density at radius 1 is 1.15 bits per heavy atom. The molecule has 0 aromatic carbocycles. The maximum atomic E-state index is 11.9. The number of piperidine rings is 1. The Kier molecular flexibility index (Phi) is 4.49. The zero-order valence-electron chi connectivity index (χ0n) is 11.9. The van der Waals surface area contributed by atoms with Gasteiger partial charge in [0, 0.05) is 39.7 Å². The monoisotopic (exact) mass is 281 g/mol. The molecule has 7 nitrogen and oxygen atoms in total. The smallest absolute Gasteiger partial charge is 0.332 e. The molecule has 2 aliphatic rings. The van der Waals surface area contributed by atoms with Crippen molar-refractivity contribution in [2.24, 2.45) is 16.8 Å². The first-order valence-electron chi connectivity index (χ1n) is 6.93. The predicted molar refractivity (Wildman–Crippen MR) is 72.2 cm³/mol. The third kappa shape index (κ3) is 2.87. The molecule has 4 amide bonds. The maximum absolute atomic E-state index is 11.9. The van der Waals surface area contributed by atoms with Crippen molar-refractivity contribution in [2.45, 2.75) is 12.8 Å². The molecule has 2 N–H and O–H groups in total. The van der Waals surface area contributed by atoms with E-state index in [1.54, 1.807) is 0 Å². The Bertz CT molecular complexity index is 419. The number of amides is 4. The van der Waals surface area contributed by atoms with E-state index in [4.69, 9.17) is 0 Å². The topological polar surface area (TPSA) is 86.7 Å². The first-order chi connectivity index (χ1) is 9.52. The average Bonchev–Trinajstić information content (AvgIpc) is 2.48. The predicted octanol–water partition coefficient (Wildman–Crippen LogP) is -1.30. The molecule has 2 rings (SSSR count). The fourth-order valence-electron chi connectivity index (χ4n) is 2.56. The average molecular weight is 281 g/mol. The Morgan fingerprint density at radius 3 is 2.25 bits per heavy atom. The highest BCUT2D eigenvalue weighted by Crippen LogP contribution is 2.14. The van der Waals surface area contributed by atoms with Crippen molar-refractivity contribution in [1.82, 2.24) is 9.80 Å². The van der Waals surface area contributed by atoms with Gasteiger partial charge in [0.15, 0.2) is 5.92 Å². The number of aliphatic imine (C=N–C) groups is 1. The Balaban J connectivity index is 1.98. The van der Waals surface area contributed by atoms with Crippen LogP contribution in [0.25, 0.3) is 0 Å². The highest BCUT2D eigenvalue weighted by molar-refractivity contribution is 6.23. The van der Waals surface area contributed by atoms with E-state index in [9.17, 15) is 14.4 Å². The van der Waals surface area contributed by atoms with E-state index in [-0.39, 0.29) is 0 Å². The summed E-state index contributed by atoms with van der Waals surface area (Å²) in [5, 5.41) is 2.28. The largest absolute Gasteiger partial charge is 0.346 e. The molecule has 0 saturated carbocycles. The van der Waals surface area contributed by atoms with Crippen molar-refractivity contribution in [1.29, 1.82) is 0 Å². The highest BCUT2D eigenvalue weighted by atomic mass is 16.2. The van der Waals surface area contributed by atoms with Gasteiger partial charge in [-0.05, 0) is 5.92 Å². The van der Waals surface area contributed by atoms with Gasteiger partial charge in [-0.1, -0.05) is 0 Å². The van der Waals surface area contributed by atoms with Crippen molar-refractivity contribution in [3.05, 3.63) is 0 Å². The van der Waals surface area contributed by atoms with Crippen molar-refractivity contribution >= 4 is 24.1 Å². The normalized spacial score (nSPS) is 23.2. The van der Waals surface area contributed by atoms with Crippen molar-refractivity contribution in [3.8, 4) is 0 Å². The Morgan fingerprint density at radius 2 is 1.70 bits per heavy atom. The third-order valence-corrected chi connectivity index (χ3v) is 3.94. The van der Waals surface area contributed by atoms with E-state index in [0.717, 1.165) is 35.7 Å². The number of rotatable bonds is 3. The minimum atomic E-state index is -0.960. The van der Waals surface area contributed by atoms with E-state index >= 15 is 0 Å². The van der Waals surface area contributed by atoms with Crippen LogP contribution >= 0.6 is 0 Å². The fourth-order valence-corrected chi connectivity index (χ4v) is 2.56. The number of nitrogens with two attached hydrogens (primary N) is 1. The summed E-state index contributed by atoms with van der Waals surface area (Å²) >= 11 is 0. The lowest BCUT2D eigenvalue weighted by Gasteiger charge is -2.31. The molecule has 2 fully saturated rings. The van der Waals surface area contributed by atoms with E-state index in [1.807, 2.05) is 0 Å². The van der Waals surface area contributed by atoms with Crippen LogP contribution in [0.15, 0.2) is 4.99 Å². The summed E-state index contributed by atoms with van der Waals surface area (Å²) in [6.45, 7) is 2.87. The van der Waals surface area contributed by atoms with Crippen LogP contribution in [-0.4, -0.2) is 67.6 Å². The van der Waals surface area contributed by atoms with E-state index in [1.165, 1.54) is 20.3 Å². The molecule has 0 aliphatic carbocycles. The molecular formula is C13H21N4O3+. The van der Waals surface area contributed by atoms with Gasteiger partial charge in [0.2, 0.25) is 11.8 Å². The van der Waals surface area contributed by atoms with Gasteiger partial charge in [-0.15, -0.1) is 0 Å². The number of imide groups is 2. The van der Waals surface area contributed by atoms with Gasteiger partial charge in [0.25, 0.3) is 0 Å². The summed E-state index contributed by atoms with van der Waals surface area (Å²) in [5.74, 6) is -1.43. The Hall–Kier alpha value is -1.76. The zero-order chi connectivity index (χ0) is 14.7. The van der Waals surface area contributed by atoms with Crippen molar-refractivity contribution in [2.75, 3.05) is 33.7 Å². The standard InChI is InChI=1S/C13H20N4O3/c1-16-11(18)10(12(19)17(2)13(16)20)8-15-7-9-3-5-14-6-4-9/h8-10,14H,3-7H2,1-2H3/p+1. The number of hydrogen-bond donors (Lipinski definition) is 1. The second-order valence-corrected chi connectivity index (χ2v) is 5.38. The number of nitrogens with zero attached hydrogens (tertiary/aromatic N) is 3. The lowest BCUT2D eigenvalue weighted by atomic mass is 9.98. The summed E-state index contributed by atoms with van der Waals surface area (Å²) in [4.78, 5) is 41.6. The van der Waals surface area contributed by atoms with Crippen molar-refractivity contribution in [3.63, 3.8) is 0 Å². The lowest BCUT2D eigenvalue weighted by Crippen LogP contribution is -2.86. The van der Waals surface area contributed by atoms with Gasteiger partial charge >= 0.3 is 6.03 Å². The molecule has 0 radical (unpaired) electrons. The van der Waals surface area contributed by atoms with Crippen LogP contribution in [0.4, 0.5) is 4.79 Å². The molecule has 2 heterocycles. The van der Waals surface area contributed by atoms with Gasteiger partial charge in [-0.3, -0.25) is 24.4 Å². The van der Waals surface area contributed by atoms with Crippen LogP contribution < -0.4 is 5.32 Å². The number of hydrogen-bond acceptors (Lipinski definition) is 4. The first kappa shape index (κ1) is 14.6. The second kappa shape index (κ2) is 6.13. The molecule has 0 spiro atoms. The highest BCUT2D eigenvalue weighted by Gasteiger charge is 2.41. The molecule has 0 atom stereocenters. The molecule has 0 aromatic rings. The number of carbonyl (C=O) groups excluding carboxylic acids is 3. The molecule has 0 unspecified atom stereocenters. The minimum absolute atomic E-state index is 0.501. The van der Waals surface area contributed by atoms with E-state index in [0.29, 0.717) is 12.5 Å². The van der Waals surface area contributed by atoms with Crippen LogP contribution in [0, 0.1) is 11.8 Å². The summed E-state index contributed by atoms with van der Waals surface area (Å²) < 4.78 is 0. The molecule has 2 saturated heterocycles. The van der Waals surface area contributed by atoms with Crippen LogP contribution in [0.2, 0.25) is 0 Å². The van der Waals surface area contributed by atoms with Crippen LogP contribution in [0.1, 0.15) is 12.8 Å². The van der Waals surface area contributed by atoms with Gasteiger partial charge in [-0.2, -0.15) is 0 Å². The van der Waals surface area contributed by atoms with Gasteiger partial charge in [0.1, 0.15) is 0 Å². The molecule has 2 aliphatic heterocycles. The summed E-state index contributed by atoms with van der Waals surface area (Å²) in [6.07, 6.45) is 3.63. The lowest BCUT2D eigenvalue weighted by molar-refractivity contribution is -0.664. The minimum Gasteiger partial charge on any atom is -0.346 e. The number of barbiturate groups is 1. The number of carbonyl (C=O) groups is 3. The fraction of sp³-hybridized carbons (Fsp3) is 0.692. The van der Waals surface area contributed by atoms with Gasteiger partial charge in [0.05, 0.1) is 13.1 Å². The summed E-state index contributed by atoms with van der Waals surface area (Å²) in [7, 11) is 2.76. The molecule has 0 aromatic heterocycles. The molecule has 7 heteroatoms. The SMILES string of the molecule is CN1C(=O)C(C=NCC2CC[NH2+]CC2)C(=O)N(C)C1=O. The Labute approximate surface area is 118 Å². The number of quaternary nitrogens is 1. The second-order valence-electron chi connectivity index (χ2n) is 5.38. The first-order valence-corrected chi connectivity index (χ1v) is 6.93. The van der Waals surface area contributed by atoms with Crippen LogP contribution in [-0.2, 0) is 9.59 Å². The molecule has 0 bridgehead atoms. The van der Waals surface area contributed by atoms with Gasteiger partial charge in [-0.25, -0.2) is 4.79 Å². The molecular weight excluding hydrogens is 260 g/mol. The zero-order valence-corrected chi connectivity index (χ0v) is 11.9. The van der Waals surface area contributed by atoms with E-state index < -0.39 is 23.8 Å². The third-order valence-electron chi connectivity index (χ3n) is 3.94. The summed E-state index contributed by atoms with van der Waals surface area (Å²) in [5.41, 5.74) is 0. The molecule has 20 heavy (non-hydrogen) atoms. The summed E-state index contributed by atoms with van der Waals surface area (Å²) in [6, 6.07) is -0.590. The quantitative estimate of drug-likeness (QED) is 0.515. The van der Waals surface area contributed by atoms with Crippen LogP contribution in [0.3, 0.4) is 0 Å². The van der Waals surface area contributed by atoms with Gasteiger partial charge < -0.3 is 5.32 Å². The number of urea groups is 1.